The molecule has 11 nitrogen and oxygen atoms in total. The fourth-order valence-electron chi connectivity index (χ4n) is 10.3. The fourth-order valence-corrected chi connectivity index (χ4v) is 10.3. The number of rotatable bonds is 13. The largest absolute Gasteiger partial charge is 0.481 e. The van der Waals surface area contributed by atoms with E-state index in [1.807, 2.05) is 13.8 Å². The highest BCUT2D eigenvalue weighted by molar-refractivity contribution is 5.70. The van der Waals surface area contributed by atoms with Crippen LogP contribution in [0.5, 0.6) is 0 Å². The molecule has 5 heterocycles. The average Bonchev–Trinajstić information content (AvgIpc) is 3.79. The Morgan fingerprint density at radius 1 is 1.06 bits per heavy atom. The zero-order valence-corrected chi connectivity index (χ0v) is 32.0. The van der Waals surface area contributed by atoms with Crippen LogP contribution in [0.4, 0.5) is 0 Å². The van der Waals surface area contributed by atoms with Gasteiger partial charge in [-0.05, 0) is 64.2 Å². The molecule has 1 spiro atoms. The number of hydrogen-bond acceptors (Lipinski definition) is 10. The molecule has 0 bridgehead atoms. The number of carboxylic acids is 1. The van der Waals surface area contributed by atoms with Gasteiger partial charge in [0.05, 0.1) is 73.1 Å². The lowest BCUT2D eigenvalue weighted by Gasteiger charge is -2.50. The second-order valence-electron chi connectivity index (χ2n) is 16.9. The van der Waals surface area contributed by atoms with Crippen LogP contribution >= 0.6 is 0 Å². The van der Waals surface area contributed by atoms with Gasteiger partial charge in [0.25, 0.3) is 0 Å². The first-order valence-electron chi connectivity index (χ1n) is 19.2. The number of aliphatic carboxylic acids is 1. The topological polar surface area (TPSA) is 142 Å². The zero-order valence-electron chi connectivity index (χ0n) is 32.0. The minimum atomic E-state index is -1.56. The van der Waals surface area contributed by atoms with Crippen molar-refractivity contribution in [2.75, 3.05) is 20.3 Å². The summed E-state index contributed by atoms with van der Waals surface area (Å²) in [7, 11) is 1.56. The van der Waals surface area contributed by atoms with Crippen LogP contribution < -0.4 is 0 Å². The lowest BCUT2D eigenvalue weighted by molar-refractivity contribution is -0.338. The Kier molecular flexibility index (Phi) is 12.3. The number of ether oxygens (including phenoxy) is 7. The van der Waals surface area contributed by atoms with E-state index in [9.17, 15) is 20.1 Å². The van der Waals surface area contributed by atoms with E-state index < -0.39 is 47.4 Å². The van der Waals surface area contributed by atoms with Crippen molar-refractivity contribution >= 4 is 5.97 Å². The maximum absolute atomic E-state index is 12.0. The highest BCUT2D eigenvalue weighted by Crippen LogP contribution is 2.55. The standard InChI is InChI=1S/C39H66O11/c1-11-17-45-29-20-38(48-33(25(29)6)26(7)32(44-10)27(8)35(41)42)16-15-36(9,50-38)30-13-14-37(12-2,47-30)34-23(4)19-28(46-34)31-22(3)18-24(5)39(43,21-40)49-31/h11,22-34,40,43H,1,12-21H2,2-10H3,(H,41,42)/t22-,23-,24+,25+,26-,27-,28-,29-,30+,31-,32+,33-,34+,36+,37-,38+,39-/m0/s1. The van der Waals surface area contributed by atoms with Crippen molar-refractivity contribution < 1.29 is 53.3 Å². The Labute approximate surface area is 299 Å². The molecule has 0 unspecified atom stereocenters. The molecule has 0 aromatic carbocycles. The number of aliphatic hydroxyl groups excluding tert-OH is 1. The van der Waals surface area contributed by atoms with Gasteiger partial charge in [-0.25, -0.2) is 0 Å². The lowest BCUT2D eigenvalue weighted by atomic mass is 9.78. The van der Waals surface area contributed by atoms with Crippen molar-refractivity contribution in [2.24, 2.45) is 35.5 Å². The summed E-state index contributed by atoms with van der Waals surface area (Å²) in [5, 5.41) is 30.8. The second-order valence-corrected chi connectivity index (χ2v) is 16.9. The van der Waals surface area contributed by atoms with Gasteiger partial charge >= 0.3 is 5.97 Å². The first kappa shape index (κ1) is 40.0. The third kappa shape index (κ3) is 7.34. The molecule has 5 aliphatic rings. The minimum absolute atomic E-state index is 0.0264. The first-order valence-corrected chi connectivity index (χ1v) is 19.2. The lowest BCUT2D eigenvalue weighted by Crippen LogP contribution is -2.57. The predicted molar refractivity (Wildman–Crippen MR) is 186 cm³/mol. The van der Waals surface area contributed by atoms with Gasteiger partial charge in [0, 0.05) is 37.7 Å². The molecule has 0 amide bonds. The molecule has 5 rings (SSSR count). The molecule has 11 heteroatoms. The van der Waals surface area contributed by atoms with Gasteiger partial charge in [-0.3, -0.25) is 4.79 Å². The molecule has 3 N–H and O–H groups in total. The Morgan fingerprint density at radius 3 is 2.40 bits per heavy atom. The smallest absolute Gasteiger partial charge is 0.308 e. The molecule has 0 aliphatic carbocycles. The SMILES string of the molecule is C=CCO[C@H]1C[C@]2(CC[C@](C)([C@H]3CC[C@@](CC)([C@@H]4O[C@H]([C@H]5O[C@@](O)(CO)[C@H](C)C[C@@H]5C)C[C@@H]4C)O3)O2)O[C@H]([C@@H](C)[C@@H](OC)[C@H](C)C(=O)O)[C@@H]1C. The quantitative estimate of drug-likeness (QED) is 0.209. The van der Waals surface area contributed by atoms with Gasteiger partial charge in [-0.15, -0.1) is 6.58 Å². The van der Waals surface area contributed by atoms with Crippen LogP contribution in [0.2, 0.25) is 0 Å². The van der Waals surface area contributed by atoms with Gasteiger partial charge in [0.2, 0.25) is 0 Å². The van der Waals surface area contributed by atoms with E-state index >= 15 is 0 Å². The summed E-state index contributed by atoms with van der Waals surface area (Å²) in [5.41, 5.74) is -1.11. The van der Waals surface area contributed by atoms with Crippen LogP contribution in [-0.4, -0.2) is 107 Å². The van der Waals surface area contributed by atoms with Crippen molar-refractivity contribution in [1.82, 2.24) is 0 Å². The number of carbonyl (C=O) groups is 1. The van der Waals surface area contributed by atoms with Crippen molar-refractivity contribution in [3.8, 4) is 0 Å². The molecule has 5 aliphatic heterocycles. The summed E-state index contributed by atoms with van der Waals surface area (Å²) in [6, 6.07) is 0. The Morgan fingerprint density at radius 2 is 1.78 bits per heavy atom. The van der Waals surface area contributed by atoms with Crippen LogP contribution in [0.1, 0.15) is 107 Å². The molecule has 0 aromatic rings. The van der Waals surface area contributed by atoms with E-state index in [4.69, 9.17) is 33.2 Å². The molecule has 0 radical (unpaired) electrons. The van der Waals surface area contributed by atoms with E-state index in [2.05, 4.69) is 41.2 Å². The Hall–Kier alpha value is -1.15. The monoisotopic (exact) mass is 710 g/mol. The molecule has 288 valence electrons. The van der Waals surface area contributed by atoms with Gasteiger partial charge in [0.1, 0.15) is 0 Å². The van der Waals surface area contributed by atoms with Crippen molar-refractivity contribution in [3.63, 3.8) is 0 Å². The predicted octanol–water partition coefficient (Wildman–Crippen LogP) is 5.48. The van der Waals surface area contributed by atoms with E-state index in [0.29, 0.717) is 19.4 Å². The normalized spacial score (nSPS) is 48.5. The summed E-state index contributed by atoms with van der Waals surface area (Å²) in [5.74, 6) is -4.12. The van der Waals surface area contributed by atoms with Crippen molar-refractivity contribution in [3.05, 3.63) is 12.7 Å². The average molecular weight is 711 g/mol. The van der Waals surface area contributed by atoms with E-state index in [1.54, 1.807) is 20.1 Å². The summed E-state index contributed by atoms with van der Waals surface area (Å²) in [6.07, 6.45) is 5.80. The summed E-state index contributed by atoms with van der Waals surface area (Å²) >= 11 is 0. The zero-order chi connectivity index (χ0) is 36.8. The van der Waals surface area contributed by atoms with E-state index in [1.165, 1.54) is 0 Å². The maximum atomic E-state index is 12.0. The third-order valence-electron chi connectivity index (χ3n) is 13.4. The van der Waals surface area contributed by atoms with E-state index in [0.717, 1.165) is 38.5 Å². The highest BCUT2D eigenvalue weighted by Gasteiger charge is 2.62. The van der Waals surface area contributed by atoms with Gasteiger partial charge in [-0.1, -0.05) is 47.6 Å². The Balaban J connectivity index is 1.32. The van der Waals surface area contributed by atoms with Crippen molar-refractivity contribution in [1.29, 1.82) is 0 Å². The number of methoxy groups -OCH3 is 1. The van der Waals surface area contributed by atoms with Crippen LogP contribution in [0.3, 0.4) is 0 Å². The molecule has 0 aromatic heterocycles. The fraction of sp³-hybridized carbons (Fsp3) is 0.923. The number of hydrogen-bond donors (Lipinski definition) is 3. The van der Waals surface area contributed by atoms with Crippen LogP contribution in [0, 0.1) is 35.5 Å². The summed E-state index contributed by atoms with van der Waals surface area (Å²) < 4.78 is 46.4. The summed E-state index contributed by atoms with van der Waals surface area (Å²) in [6.45, 7) is 20.2. The number of aliphatic hydroxyl groups is 2. The molecular formula is C39H66O11. The van der Waals surface area contributed by atoms with Crippen LogP contribution in [0.25, 0.3) is 0 Å². The van der Waals surface area contributed by atoms with Crippen LogP contribution in [0.15, 0.2) is 12.7 Å². The van der Waals surface area contributed by atoms with Gasteiger partial charge in [-0.2, -0.15) is 0 Å². The van der Waals surface area contributed by atoms with Crippen molar-refractivity contribution in [2.45, 2.75) is 172 Å². The highest BCUT2D eigenvalue weighted by atomic mass is 16.7. The minimum Gasteiger partial charge on any atom is -0.481 e. The first-order chi connectivity index (χ1) is 23.5. The molecule has 17 atom stereocenters. The maximum Gasteiger partial charge on any atom is 0.308 e. The van der Waals surface area contributed by atoms with Gasteiger partial charge in [0.15, 0.2) is 11.6 Å². The van der Waals surface area contributed by atoms with E-state index in [-0.39, 0.29) is 66.2 Å². The molecule has 50 heavy (non-hydrogen) atoms. The summed E-state index contributed by atoms with van der Waals surface area (Å²) in [4.78, 5) is 12.0. The third-order valence-corrected chi connectivity index (χ3v) is 13.4. The molecule has 0 saturated carbocycles. The number of carboxylic acid groups (broad SMARTS) is 1. The van der Waals surface area contributed by atoms with Gasteiger partial charge < -0.3 is 48.5 Å². The Bertz CT molecular complexity index is 1180. The second kappa shape index (κ2) is 15.3. The van der Waals surface area contributed by atoms with Crippen LogP contribution in [-0.2, 0) is 38.0 Å². The molecule has 5 saturated heterocycles. The molecule has 5 fully saturated rings. The molecular weight excluding hydrogens is 644 g/mol.